The fraction of sp³-hybridized carbons (Fsp3) is 0.0667. The second-order valence-corrected chi connectivity index (χ2v) is 4.40. The minimum Gasteiger partial charge on any atom is -0.411 e. The molecule has 1 N–H and O–H groups in total. The normalized spacial score (nSPS) is 11.2. The van der Waals surface area contributed by atoms with E-state index in [-0.39, 0.29) is 17.2 Å². The Morgan fingerprint density at radius 1 is 1.05 bits per heavy atom. The SMILES string of the molecule is CC(=NO)C(=O)c1ccc(-c2ccc([N+](=O)[O-])cc2)cc1. The summed E-state index contributed by atoms with van der Waals surface area (Å²) in [7, 11) is 0. The number of nitro groups is 1. The number of Topliss-reactive ketones (excluding diaryl/α,β-unsaturated/α-hetero) is 1. The number of nitro benzene ring substituents is 1. The van der Waals surface area contributed by atoms with Crippen molar-refractivity contribution in [3.05, 3.63) is 64.2 Å². The van der Waals surface area contributed by atoms with Gasteiger partial charge in [-0.3, -0.25) is 14.9 Å². The van der Waals surface area contributed by atoms with Crippen molar-refractivity contribution >= 4 is 17.2 Å². The maximum atomic E-state index is 11.8. The second-order valence-electron chi connectivity index (χ2n) is 4.40. The predicted molar refractivity (Wildman–Crippen MR) is 77.8 cm³/mol. The second kappa shape index (κ2) is 5.96. The highest BCUT2D eigenvalue weighted by atomic mass is 16.6. The molecule has 0 spiro atoms. The number of benzene rings is 2. The third-order valence-corrected chi connectivity index (χ3v) is 3.04. The molecule has 0 aliphatic carbocycles. The lowest BCUT2D eigenvalue weighted by molar-refractivity contribution is -0.384. The Bertz CT molecular complexity index is 703. The minimum absolute atomic E-state index is 0.0121. The highest BCUT2D eigenvalue weighted by Gasteiger charge is 2.10. The summed E-state index contributed by atoms with van der Waals surface area (Å²) in [6.07, 6.45) is 0. The van der Waals surface area contributed by atoms with E-state index in [2.05, 4.69) is 5.16 Å². The van der Waals surface area contributed by atoms with Crippen molar-refractivity contribution in [2.75, 3.05) is 0 Å². The largest absolute Gasteiger partial charge is 0.411 e. The zero-order valence-electron chi connectivity index (χ0n) is 11.2. The molecule has 0 saturated heterocycles. The Labute approximate surface area is 120 Å². The molecule has 2 rings (SSSR count). The van der Waals surface area contributed by atoms with Gasteiger partial charge in [0.1, 0.15) is 5.71 Å². The number of non-ortho nitro benzene ring substituents is 1. The van der Waals surface area contributed by atoms with E-state index in [0.29, 0.717) is 5.56 Å². The molecule has 0 atom stereocenters. The van der Waals surface area contributed by atoms with Crippen molar-refractivity contribution < 1.29 is 14.9 Å². The van der Waals surface area contributed by atoms with Crippen molar-refractivity contribution in [2.45, 2.75) is 6.92 Å². The van der Waals surface area contributed by atoms with Crippen LogP contribution in [0.15, 0.2) is 53.7 Å². The molecule has 2 aromatic rings. The molecule has 6 heteroatoms. The van der Waals surface area contributed by atoms with E-state index in [9.17, 15) is 14.9 Å². The van der Waals surface area contributed by atoms with Crippen LogP contribution in [0.1, 0.15) is 17.3 Å². The maximum Gasteiger partial charge on any atom is 0.269 e. The first-order chi connectivity index (χ1) is 10.0. The van der Waals surface area contributed by atoms with E-state index in [4.69, 9.17) is 5.21 Å². The van der Waals surface area contributed by atoms with E-state index in [1.807, 2.05) is 0 Å². The summed E-state index contributed by atoms with van der Waals surface area (Å²) in [6.45, 7) is 1.42. The van der Waals surface area contributed by atoms with Crippen LogP contribution in [0.3, 0.4) is 0 Å². The molecule has 0 bridgehead atoms. The van der Waals surface area contributed by atoms with Crippen LogP contribution in [-0.2, 0) is 0 Å². The van der Waals surface area contributed by atoms with E-state index in [1.165, 1.54) is 19.1 Å². The average Bonchev–Trinajstić information content (AvgIpc) is 2.53. The number of ketones is 1. The number of carbonyl (C=O) groups is 1. The van der Waals surface area contributed by atoms with Gasteiger partial charge in [0, 0.05) is 17.7 Å². The fourth-order valence-corrected chi connectivity index (χ4v) is 1.84. The lowest BCUT2D eigenvalue weighted by Crippen LogP contribution is -2.10. The quantitative estimate of drug-likeness (QED) is 0.306. The Morgan fingerprint density at radius 3 is 1.95 bits per heavy atom. The Balaban J connectivity index is 2.26. The highest BCUT2D eigenvalue weighted by Crippen LogP contribution is 2.22. The van der Waals surface area contributed by atoms with Crippen LogP contribution >= 0.6 is 0 Å². The third kappa shape index (κ3) is 3.11. The van der Waals surface area contributed by atoms with Crippen LogP contribution in [0, 0.1) is 10.1 Å². The van der Waals surface area contributed by atoms with E-state index in [0.717, 1.165) is 11.1 Å². The highest BCUT2D eigenvalue weighted by molar-refractivity contribution is 6.45. The number of hydrogen-bond acceptors (Lipinski definition) is 5. The minimum atomic E-state index is -0.456. The van der Waals surface area contributed by atoms with Gasteiger partial charge >= 0.3 is 0 Å². The molecule has 6 nitrogen and oxygen atoms in total. The number of carbonyl (C=O) groups excluding carboxylic acids is 1. The number of oxime groups is 1. The molecule has 2 aromatic carbocycles. The van der Waals surface area contributed by atoms with Crippen LogP contribution in [-0.4, -0.2) is 21.6 Å². The standard InChI is InChI=1S/C15H12N2O4/c1-10(16-19)15(18)13-4-2-11(3-5-13)12-6-8-14(9-7-12)17(20)21/h2-9,19H,1H3. The smallest absolute Gasteiger partial charge is 0.269 e. The van der Waals surface area contributed by atoms with Gasteiger partial charge in [-0.15, -0.1) is 0 Å². The molecular weight excluding hydrogens is 272 g/mol. The zero-order chi connectivity index (χ0) is 15.4. The van der Waals surface area contributed by atoms with Gasteiger partial charge in [0.05, 0.1) is 4.92 Å². The number of nitrogens with zero attached hydrogens (tertiary/aromatic N) is 2. The van der Waals surface area contributed by atoms with Crippen molar-refractivity contribution in [1.29, 1.82) is 0 Å². The Hall–Kier alpha value is -3.02. The summed E-state index contributed by atoms with van der Waals surface area (Å²) in [5, 5.41) is 22.1. The van der Waals surface area contributed by atoms with Crippen LogP contribution < -0.4 is 0 Å². The van der Waals surface area contributed by atoms with E-state index < -0.39 is 4.92 Å². The molecule has 0 heterocycles. The molecule has 21 heavy (non-hydrogen) atoms. The van der Waals surface area contributed by atoms with Gasteiger partial charge in [0.15, 0.2) is 0 Å². The molecule has 0 unspecified atom stereocenters. The first-order valence-electron chi connectivity index (χ1n) is 6.11. The summed E-state index contributed by atoms with van der Waals surface area (Å²) < 4.78 is 0. The maximum absolute atomic E-state index is 11.8. The molecule has 0 amide bonds. The van der Waals surface area contributed by atoms with Gasteiger partial charge in [-0.1, -0.05) is 29.4 Å². The Morgan fingerprint density at radius 2 is 1.52 bits per heavy atom. The van der Waals surface area contributed by atoms with Crippen molar-refractivity contribution in [1.82, 2.24) is 0 Å². The van der Waals surface area contributed by atoms with Crippen molar-refractivity contribution in [2.24, 2.45) is 5.16 Å². The van der Waals surface area contributed by atoms with E-state index in [1.54, 1.807) is 36.4 Å². The summed E-state index contributed by atoms with van der Waals surface area (Å²) in [6, 6.07) is 12.9. The molecule has 0 radical (unpaired) electrons. The average molecular weight is 284 g/mol. The zero-order valence-corrected chi connectivity index (χ0v) is 11.2. The van der Waals surface area contributed by atoms with Gasteiger partial charge in [-0.2, -0.15) is 0 Å². The van der Waals surface area contributed by atoms with Crippen LogP contribution in [0.4, 0.5) is 5.69 Å². The van der Waals surface area contributed by atoms with Crippen molar-refractivity contribution in [3.8, 4) is 11.1 Å². The molecular formula is C15H12N2O4. The monoisotopic (exact) mass is 284 g/mol. The topological polar surface area (TPSA) is 92.8 Å². The lowest BCUT2D eigenvalue weighted by Gasteiger charge is -2.03. The molecule has 0 saturated carbocycles. The van der Waals surface area contributed by atoms with E-state index >= 15 is 0 Å². The third-order valence-electron chi connectivity index (χ3n) is 3.04. The summed E-state index contributed by atoms with van der Waals surface area (Å²) in [4.78, 5) is 21.9. The molecule has 0 aliphatic rings. The first-order valence-corrected chi connectivity index (χ1v) is 6.11. The number of hydrogen-bond donors (Lipinski definition) is 1. The first kappa shape index (κ1) is 14.4. The van der Waals surface area contributed by atoms with Crippen LogP contribution in [0.25, 0.3) is 11.1 Å². The predicted octanol–water partition coefficient (Wildman–Crippen LogP) is 3.29. The van der Waals surface area contributed by atoms with Gasteiger partial charge in [-0.25, -0.2) is 0 Å². The van der Waals surface area contributed by atoms with Gasteiger partial charge in [0.25, 0.3) is 5.69 Å². The molecule has 0 aliphatic heterocycles. The fourth-order valence-electron chi connectivity index (χ4n) is 1.84. The summed E-state index contributed by atoms with van der Waals surface area (Å²) in [5.41, 5.74) is 2.10. The molecule has 0 aromatic heterocycles. The van der Waals surface area contributed by atoms with Crippen LogP contribution in [0.2, 0.25) is 0 Å². The Kier molecular flexibility index (Phi) is 4.08. The van der Waals surface area contributed by atoms with Gasteiger partial charge in [-0.05, 0) is 30.2 Å². The summed E-state index contributed by atoms with van der Waals surface area (Å²) in [5.74, 6) is -0.354. The lowest BCUT2D eigenvalue weighted by atomic mass is 10.0. The van der Waals surface area contributed by atoms with Crippen LogP contribution in [0.5, 0.6) is 0 Å². The summed E-state index contributed by atoms with van der Waals surface area (Å²) >= 11 is 0. The van der Waals surface area contributed by atoms with Gasteiger partial charge < -0.3 is 5.21 Å². The molecule has 0 fully saturated rings. The van der Waals surface area contributed by atoms with Gasteiger partial charge in [0.2, 0.25) is 5.78 Å². The molecule has 106 valence electrons. The van der Waals surface area contributed by atoms with Crippen molar-refractivity contribution in [3.63, 3.8) is 0 Å². The number of rotatable bonds is 4.